The molecule has 0 saturated carbocycles. The Bertz CT molecular complexity index is 717. The van der Waals surface area contributed by atoms with Crippen molar-refractivity contribution in [3.63, 3.8) is 0 Å². The van der Waals surface area contributed by atoms with Crippen LogP contribution in [0, 0.1) is 0 Å². The monoisotopic (exact) mass is 374 g/mol. The van der Waals surface area contributed by atoms with E-state index in [2.05, 4.69) is 20.7 Å². The zero-order valence-corrected chi connectivity index (χ0v) is 12.9. The molecule has 0 atom stereocenters. The second kappa shape index (κ2) is 6.39. The molecule has 116 valence electrons. The third-order valence-electron chi connectivity index (χ3n) is 2.77. The Kier molecular flexibility index (Phi) is 4.75. The second-order valence-corrected chi connectivity index (χ2v) is 5.11. The van der Waals surface area contributed by atoms with Crippen LogP contribution in [0.5, 0.6) is 0 Å². The van der Waals surface area contributed by atoms with E-state index in [1.54, 1.807) is 6.07 Å². The average molecular weight is 375 g/mol. The van der Waals surface area contributed by atoms with Gasteiger partial charge < -0.3 is 9.15 Å². The molecule has 0 saturated heterocycles. The van der Waals surface area contributed by atoms with Crippen LogP contribution in [0.2, 0.25) is 0 Å². The Balaban J connectivity index is 2.32. The predicted molar refractivity (Wildman–Crippen MR) is 77.9 cm³/mol. The van der Waals surface area contributed by atoms with Gasteiger partial charge in [0.05, 0.1) is 12.7 Å². The van der Waals surface area contributed by atoms with Crippen LogP contribution in [0.4, 0.5) is 13.2 Å². The van der Waals surface area contributed by atoms with Crippen molar-refractivity contribution in [3.05, 3.63) is 52.2 Å². The van der Waals surface area contributed by atoms with Gasteiger partial charge in [-0.3, -0.25) is 0 Å². The molecular formula is C15H10BrF3O3. The number of benzene rings is 1. The summed E-state index contributed by atoms with van der Waals surface area (Å²) in [6.07, 6.45) is -1.93. The molecule has 0 unspecified atom stereocenters. The zero-order valence-electron chi connectivity index (χ0n) is 11.3. The minimum atomic E-state index is -4.46. The molecule has 0 radical (unpaired) electrons. The van der Waals surface area contributed by atoms with Crippen LogP contribution in [-0.4, -0.2) is 13.1 Å². The predicted octanol–water partition coefficient (Wildman–Crippen LogP) is 4.91. The number of halogens is 4. The Labute approximate surface area is 132 Å². The minimum Gasteiger partial charge on any atom is -0.466 e. The molecule has 0 aliphatic rings. The highest BCUT2D eigenvalue weighted by Crippen LogP contribution is 2.37. The van der Waals surface area contributed by atoms with Gasteiger partial charge in [-0.1, -0.05) is 22.0 Å². The lowest BCUT2D eigenvalue weighted by atomic mass is 10.1. The molecule has 1 aromatic carbocycles. The highest BCUT2D eigenvalue weighted by molar-refractivity contribution is 9.10. The molecule has 0 N–H and O–H groups in total. The highest BCUT2D eigenvalue weighted by atomic mass is 79.9. The van der Waals surface area contributed by atoms with E-state index < -0.39 is 17.7 Å². The van der Waals surface area contributed by atoms with Crippen molar-refractivity contribution in [2.75, 3.05) is 7.11 Å². The van der Waals surface area contributed by atoms with E-state index in [9.17, 15) is 18.0 Å². The number of ether oxygens (including phenoxy) is 1. The quantitative estimate of drug-likeness (QED) is 0.565. The number of carbonyl (C=O) groups is 1. The van der Waals surface area contributed by atoms with Gasteiger partial charge in [0, 0.05) is 16.1 Å². The van der Waals surface area contributed by atoms with Crippen LogP contribution in [-0.2, 0) is 15.7 Å². The van der Waals surface area contributed by atoms with Crippen molar-refractivity contribution in [1.29, 1.82) is 0 Å². The summed E-state index contributed by atoms with van der Waals surface area (Å²) < 4.78 is 48.4. The molecule has 0 aliphatic heterocycles. The summed E-state index contributed by atoms with van der Waals surface area (Å²) in [5.74, 6) is 0.0420. The number of esters is 1. The molecule has 0 fully saturated rings. The number of hydrogen-bond acceptors (Lipinski definition) is 3. The molecule has 3 nitrogen and oxygen atoms in total. The van der Waals surface area contributed by atoms with Gasteiger partial charge in [0.15, 0.2) is 0 Å². The van der Waals surface area contributed by atoms with Crippen LogP contribution >= 0.6 is 15.9 Å². The largest absolute Gasteiger partial charge is 0.466 e. The van der Waals surface area contributed by atoms with Crippen molar-refractivity contribution in [2.45, 2.75) is 6.18 Å². The van der Waals surface area contributed by atoms with E-state index in [1.165, 1.54) is 31.4 Å². The summed E-state index contributed by atoms with van der Waals surface area (Å²) in [5, 5.41) is 0. The molecule has 0 spiro atoms. The van der Waals surface area contributed by atoms with E-state index in [-0.39, 0.29) is 15.8 Å². The smallest absolute Gasteiger partial charge is 0.417 e. The maximum absolute atomic E-state index is 12.9. The fourth-order valence-corrected chi connectivity index (χ4v) is 2.18. The van der Waals surface area contributed by atoms with Crippen molar-refractivity contribution in [3.8, 4) is 11.3 Å². The summed E-state index contributed by atoms with van der Waals surface area (Å²) in [5.41, 5.74) is -0.499. The maximum atomic E-state index is 12.9. The summed E-state index contributed by atoms with van der Waals surface area (Å²) >= 11 is 2.88. The van der Waals surface area contributed by atoms with Gasteiger partial charge in [0.2, 0.25) is 0 Å². The molecule has 0 amide bonds. The normalized spacial score (nSPS) is 11.9. The lowest BCUT2D eigenvalue weighted by Gasteiger charge is -2.10. The Morgan fingerprint density at radius 2 is 2.00 bits per heavy atom. The van der Waals surface area contributed by atoms with Crippen molar-refractivity contribution < 1.29 is 27.1 Å². The third-order valence-corrected chi connectivity index (χ3v) is 3.46. The van der Waals surface area contributed by atoms with Crippen LogP contribution in [0.1, 0.15) is 11.3 Å². The van der Waals surface area contributed by atoms with E-state index in [1.807, 2.05) is 0 Å². The van der Waals surface area contributed by atoms with E-state index in [0.717, 1.165) is 12.1 Å². The first-order valence-electron chi connectivity index (χ1n) is 6.04. The molecule has 7 heteroatoms. The van der Waals surface area contributed by atoms with E-state index in [0.29, 0.717) is 5.76 Å². The molecule has 2 rings (SSSR count). The van der Waals surface area contributed by atoms with Crippen LogP contribution in [0.3, 0.4) is 0 Å². The maximum Gasteiger partial charge on any atom is 0.417 e. The fourth-order valence-electron chi connectivity index (χ4n) is 1.71. The highest BCUT2D eigenvalue weighted by Gasteiger charge is 2.33. The van der Waals surface area contributed by atoms with Crippen LogP contribution in [0.25, 0.3) is 17.4 Å². The first kappa shape index (κ1) is 16.4. The Hall–Kier alpha value is -2.02. The molecule has 22 heavy (non-hydrogen) atoms. The summed E-state index contributed by atoms with van der Waals surface area (Å²) in [7, 11) is 1.24. The summed E-state index contributed by atoms with van der Waals surface area (Å²) in [4.78, 5) is 11.0. The van der Waals surface area contributed by atoms with Gasteiger partial charge in [0.25, 0.3) is 0 Å². The molecule has 0 bridgehead atoms. The summed E-state index contributed by atoms with van der Waals surface area (Å²) in [6.45, 7) is 0. The number of methoxy groups -OCH3 is 1. The van der Waals surface area contributed by atoms with Crippen LogP contribution < -0.4 is 0 Å². The average Bonchev–Trinajstić information content (AvgIpc) is 2.92. The minimum absolute atomic E-state index is 0.0406. The van der Waals surface area contributed by atoms with Crippen molar-refractivity contribution in [1.82, 2.24) is 0 Å². The Morgan fingerprint density at radius 3 is 2.64 bits per heavy atom. The lowest BCUT2D eigenvalue weighted by Crippen LogP contribution is -2.05. The molecule has 1 heterocycles. The second-order valence-electron chi connectivity index (χ2n) is 4.25. The first-order valence-corrected chi connectivity index (χ1v) is 6.83. The lowest BCUT2D eigenvalue weighted by molar-refractivity contribution is -0.138. The molecular weight excluding hydrogens is 365 g/mol. The molecule has 2 aromatic rings. The third kappa shape index (κ3) is 3.79. The van der Waals surface area contributed by atoms with Gasteiger partial charge in [-0.2, -0.15) is 13.2 Å². The van der Waals surface area contributed by atoms with Crippen molar-refractivity contribution >= 4 is 28.0 Å². The van der Waals surface area contributed by atoms with E-state index in [4.69, 9.17) is 4.42 Å². The van der Waals surface area contributed by atoms with Gasteiger partial charge in [-0.15, -0.1) is 0 Å². The number of carbonyl (C=O) groups excluding carboxylic acids is 1. The summed E-state index contributed by atoms with van der Waals surface area (Å²) in [6, 6.07) is 6.89. The molecule has 0 aliphatic carbocycles. The SMILES string of the molecule is COC(=O)/C=C/c1ccc(-c2ccc(Br)c(C(F)(F)F)c2)o1. The number of alkyl halides is 3. The standard InChI is InChI=1S/C15H10BrF3O3/c1-21-14(20)7-4-10-3-6-13(22-10)9-2-5-12(16)11(8-9)15(17,18)19/h2-8H,1H3/b7-4+. The zero-order chi connectivity index (χ0) is 16.3. The van der Waals surface area contributed by atoms with Crippen molar-refractivity contribution in [2.24, 2.45) is 0 Å². The fraction of sp³-hybridized carbons (Fsp3) is 0.133. The number of rotatable bonds is 3. The molecule has 1 aromatic heterocycles. The Morgan fingerprint density at radius 1 is 1.27 bits per heavy atom. The first-order chi connectivity index (χ1) is 10.3. The topological polar surface area (TPSA) is 39.4 Å². The van der Waals surface area contributed by atoms with Gasteiger partial charge >= 0.3 is 12.1 Å². The van der Waals surface area contributed by atoms with E-state index >= 15 is 0 Å². The van der Waals surface area contributed by atoms with Crippen LogP contribution in [0.15, 0.2) is 45.3 Å². The van der Waals surface area contributed by atoms with Gasteiger partial charge in [-0.25, -0.2) is 4.79 Å². The van der Waals surface area contributed by atoms with Gasteiger partial charge in [0.1, 0.15) is 11.5 Å². The number of hydrogen-bond donors (Lipinski definition) is 0. The number of furan rings is 1. The van der Waals surface area contributed by atoms with Gasteiger partial charge in [-0.05, 0) is 30.3 Å².